The molecule has 0 spiro atoms. The van der Waals surface area contributed by atoms with Crippen LogP contribution >= 0.6 is 0 Å². The highest BCUT2D eigenvalue weighted by molar-refractivity contribution is 7.89. The molecule has 0 heterocycles. The predicted molar refractivity (Wildman–Crippen MR) is 86.1 cm³/mol. The number of carbonyl (C=O) groups excluding carboxylic acids is 1. The molecule has 1 atom stereocenters. The number of hydrazone groups is 1. The molecule has 22 heavy (non-hydrogen) atoms. The summed E-state index contributed by atoms with van der Waals surface area (Å²) >= 11 is 0. The standard InChI is InChI=1S/C15H21N3O3S/c1-11-5-3-4-6-15(11)17-18-22(20,21)14-9-7-13(8-10-14)16-12(2)19/h7-11,18H,3-6H2,1-2H3,(H,16,19)/b17-15+/t11-/m0/s1. The zero-order valence-electron chi connectivity index (χ0n) is 12.8. The van der Waals surface area contributed by atoms with Gasteiger partial charge in [-0.15, -0.1) is 0 Å². The lowest BCUT2D eigenvalue weighted by Gasteiger charge is -2.20. The number of sulfonamides is 1. The molecule has 2 N–H and O–H groups in total. The van der Waals surface area contributed by atoms with E-state index in [9.17, 15) is 13.2 Å². The third-order valence-corrected chi connectivity index (χ3v) is 4.91. The van der Waals surface area contributed by atoms with Gasteiger partial charge < -0.3 is 5.32 Å². The second kappa shape index (κ2) is 6.91. The summed E-state index contributed by atoms with van der Waals surface area (Å²) in [5, 5.41) is 6.68. The Hall–Kier alpha value is -1.89. The second-order valence-corrected chi connectivity index (χ2v) is 7.21. The fraction of sp³-hybridized carbons (Fsp3) is 0.467. The molecule has 0 aliphatic heterocycles. The van der Waals surface area contributed by atoms with Gasteiger partial charge in [0.1, 0.15) is 0 Å². The van der Waals surface area contributed by atoms with E-state index in [4.69, 9.17) is 0 Å². The summed E-state index contributed by atoms with van der Waals surface area (Å²) in [4.78, 5) is 13.4. The van der Waals surface area contributed by atoms with Gasteiger partial charge in [-0.2, -0.15) is 13.5 Å². The number of benzene rings is 1. The number of amides is 1. The zero-order chi connectivity index (χ0) is 16.2. The van der Waals surface area contributed by atoms with Crippen LogP contribution in [0.4, 0.5) is 5.69 Å². The molecule has 1 saturated carbocycles. The van der Waals surface area contributed by atoms with Gasteiger partial charge >= 0.3 is 0 Å². The van der Waals surface area contributed by atoms with Crippen LogP contribution in [-0.2, 0) is 14.8 Å². The summed E-state index contributed by atoms with van der Waals surface area (Å²) in [6.07, 6.45) is 4.10. The van der Waals surface area contributed by atoms with Crippen molar-refractivity contribution >= 4 is 27.3 Å². The third-order valence-electron chi connectivity index (χ3n) is 3.68. The highest BCUT2D eigenvalue weighted by Gasteiger charge is 2.18. The number of hydrogen-bond acceptors (Lipinski definition) is 4. The quantitative estimate of drug-likeness (QED) is 0.834. The van der Waals surface area contributed by atoms with Gasteiger partial charge in [0.05, 0.1) is 4.90 Å². The maximum Gasteiger partial charge on any atom is 0.276 e. The van der Waals surface area contributed by atoms with E-state index in [0.29, 0.717) is 11.6 Å². The normalized spacial score (nSPS) is 20.6. The highest BCUT2D eigenvalue weighted by Crippen LogP contribution is 2.21. The molecule has 1 fully saturated rings. The molecule has 1 aromatic rings. The van der Waals surface area contributed by atoms with Crippen molar-refractivity contribution in [3.05, 3.63) is 24.3 Å². The van der Waals surface area contributed by atoms with Gasteiger partial charge in [0, 0.05) is 18.3 Å². The fourth-order valence-corrected chi connectivity index (χ4v) is 3.27. The summed E-state index contributed by atoms with van der Waals surface area (Å²) < 4.78 is 24.4. The van der Waals surface area contributed by atoms with Crippen LogP contribution < -0.4 is 10.1 Å². The summed E-state index contributed by atoms with van der Waals surface area (Å²) in [5.41, 5.74) is 1.46. The van der Waals surface area contributed by atoms with Crippen LogP contribution in [0.15, 0.2) is 34.3 Å². The van der Waals surface area contributed by atoms with Crippen molar-refractivity contribution in [2.24, 2.45) is 11.0 Å². The number of rotatable bonds is 4. The lowest BCUT2D eigenvalue weighted by molar-refractivity contribution is -0.114. The second-order valence-electron chi connectivity index (χ2n) is 5.55. The van der Waals surface area contributed by atoms with E-state index < -0.39 is 10.0 Å². The van der Waals surface area contributed by atoms with Crippen molar-refractivity contribution < 1.29 is 13.2 Å². The van der Waals surface area contributed by atoms with Crippen LogP contribution in [0.25, 0.3) is 0 Å². The Kier molecular flexibility index (Phi) is 5.18. The first-order valence-electron chi connectivity index (χ1n) is 7.34. The predicted octanol–water partition coefficient (Wildman–Crippen LogP) is 2.49. The molecule has 0 bridgehead atoms. The van der Waals surface area contributed by atoms with Crippen LogP contribution in [0.1, 0.15) is 39.5 Å². The number of nitrogens with one attached hydrogen (secondary N) is 2. The van der Waals surface area contributed by atoms with E-state index in [0.717, 1.165) is 31.4 Å². The smallest absolute Gasteiger partial charge is 0.276 e. The zero-order valence-corrected chi connectivity index (χ0v) is 13.6. The van der Waals surface area contributed by atoms with Crippen molar-refractivity contribution in [3.63, 3.8) is 0 Å². The SMILES string of the molecule is CC(=O)Nc1ccc(S(=O)(=O)N/N=C2\CCCC[C@@H]2C)cc1. The summed E-state index contributed by atoms with van der Waals surface area (Å²) in [5.74, 6) is 0.116. The van der Waals surface area contributed by atoms with Gasteiger partial charge in [-0.05, 0) is 49.4 Å². The molecule has 1 amide bonds. The van der Waals surface area contributed by atoms with Gasteiger partial charge in [0.2, 0.25) is 5.91 Å². The maximum atomic E-state index is 12.2. The molecule has 6 nitrogen and oxygen atoms in total. The summed E-state index contributed by atoms with van der Waals surface area (Å²) in [7, 11) is -3.68. The van der Waals surface area contributed by atoms with Gasteiger partial charge in [0.25, 0.3) is 10.0 Å². The Balaban J connectivity index is 2.09. The van der Waals surface area contributed by atoms with Crippen molar-refractivity contribution in [2.45, 2.75) is 44.4 Å². The van der Waals surface area contributed by atoms with Crippen LogP contribution in [0.3, 0.4) is 0 Å². The summed E-state index contributed by atoms with van der Waals surface area (Å²) in [6, 6.07) is 5.98. The Labute approximate surface area is 131 Å². The minimum absolute atomic E-state index is 0.120. The van der Waals surface area contributed by atoms with Gasteiger partial charge in [0.15, 0.2) is 0 Å². The number of hydrogen-bond donors (Lipinski definition) is 2. The Bertz CT molecular complexity index is 666. The van der Waals surface area contributed by atoms with Gasteiger partial charge in [-0.25, -0.2) is 4.83 Å². The van der Waals surface area contributed by atoms with E-state index in [-0.39, 0.29) is 10.8 Å². The van der Waals surface area contributed by atoms with Crippen molar-refractivity contribution in [1.29, 1.82) is 0 Å². The van der Waals surface area contributed by atoms with Crippen molar-refractivity contribution in [2.75, 3.05) is 5.32 Å². The molecular weight excluding hydrogens is 302 g/mol. The van der Waals surface area contributed by atoms with Crippen molar-refractivity contribution in [1.82, 2.24) is 4.83 Å². The largest absolute Gasteiger partial charge is 0.326 e. The minimum Gasteiger partial charge on any atom is -0.326 e. The molecule has 0 radical (unpaired) electrons. The van der Waals surface area contributed by atoms with Crippen molar-refractivity contribution in [3.8, 4) is 0 Å². The first-order valence-corrected chi connectivity index (χ1v) is 8.83. The topological polar surface area (TPSA) is 87.6 Å². The molecule has 0 unspecified atom stereocenters. The first kappa shape index (κ1) is 16.5. The van der Waals surface area contributed by atoms with E-state index in [1.807, 2.05) is 0 Å². The fourth-order valence-electron chi connectivity index (χ4n) is 2.43. The Morgan fingerprint density at radius 1 is 1.23 bits per heavy atom. The van der Waals surface area contributed by atoms with Gasteiger partial charge in [-0.3, -0.25) is 4.79 Å². The number of anilines is 1. The monoisotopic (exact) mass is 323 g/mol. The van der Waals surface area contributed by atoms with Gasteiger partial charge in [-0.1, -0.05) is 13.3 Å². The van der Waals surface area contributed by atoms with E-state index in [1.54, 1.807) is 12.1 Å². The first-order chi connectivity index (χ1) is 10.4. The Morgan fingerprint density at radius 3 is 2.50 bits per heavy atom. The van der Waals surface area contributed by atoms with Crippen LogP contribution in [-0.4, -0.2) is 20.0 Å². The minimum atomic E-state index is -3.68. The summed E-state index contributed by atoms with van der Waals surface area (Å²) in [6.45, 7) is 3.46. The lowest BCUT2D eigenvalue weighted by Crippen LogP contribution is -2.24. The average molecular weight is 323 g/mol. The van der Waals surface area contributed by atoms with E-state index in [1.165, 1.54) is 19.1 Å². The average Bonchev–Trinajstić information content (AvgIpc) is 2.46. The lowest BCUT2D eigenvalue weighted by atomic mass is 9.89. The van der Waals surface area contributed by atoms with E-state index in [2.05, 4.69) is 22.2 Å². The molecule has 7 heteroatoms. The highest BCUT2D eigenvalue weighted by atomic mass is 32.2. The van der Waals surface area contributed by atoms with Crippen LogP contribution in [0.2, 0.25) is 0 Å². The molecule has 0 aromatic heterocycles. The molecule has 1 aromatic carbocycles. The molecule has 1 aliphatic carbocycles. The molecular formula is C15H21N3O3S. The third kappa shape index (κ3) is 4.30. The molecule has 120 valence electrons. The molecule has 1 aliphatic rings. The number of carbonyl (C=O) groups is 1. The Morgan fingerprint density at radius 2 is 1.91 bits per heavy atom. The van der Waals surface area contributed by atoms with E-state index >= 15 is 0 Å². The maximum absolute atomic E-state index is 12.2. The molecule has 0 saturated heterocycles. The molecule has 2 rings (SSSR count). The van der Waals surface area contributed by atoms with Crippen LogP contribution in [0.5, 0.6) is 0 Å². The van der Waals surface area contributed by atoms with Crippen LogP contribution in [0, 0.1) is 5.92 Å². The number of nitrogens with zero attached hydrogens (tertiary/aromatic N) is 1.